The van der Waals surface area contributed by atoms with Crippen LogP contribution in [0.2, 0.25) is 0 Å². The van der Waals surface area contributed by atoms with Crippen molar-refractivity contribution in [1.29, 1.82) is 0 Å². The summed E-state index contributed by atoms with van der Waals surface area (Å²) < 4.78 is 18.2. The Bertz CT molecular complexity index is 629. The molecule has 0 bridgehead atoms. The van der Waals surface area contributed by atoms with Crippen LogP contribution in [-0.4, -0.2) is 15.1 Å². The summed E-state index contributed by atoms with van der Waals surface area (Å²) >= 11 is 0. The van der Waals surface area contributed by atoms with Gasteiger partial charge in [-0.05, 0) is 18.6 Å². The molecule has 7 nitrogen and oxygen atoms in total. The maximum Gasteiger partial charge on any atom is 0.282 e. The zero-order valence-electron chi connectivity index (χ0n) is 10.7. The molecule has 2 rings (SSSR count). The zero-order chi connectivity index (χ0) is 14.7. The molecule has 0 amide bonds. The minimum atomic E-state index is -0.634. The van der Waals surface area contributed by atoms with Gasteiger partial charge in [-0.2, -0.15) is 4.98 Å². The van der Waals surface area contributed by atoms with Crippen molar-refractivity contribution >= 4 is 5.69 Å². The van der Waals surface area contributed by atoms with Gasteiger partial charge in [0.1, 0.15) is 11.4 Å². The van der Waals surface area contributed by atoms with E-state index in [1.165, 1.54) is 0 Å². The van der Waals surface area contributed by atoms with Crippen LogP contribution in [0.5, 0.6) is 0 Å². The van der Waals surface area contributed by atoms with E-state index in [9.17, 15) is 14.5 Å². The second kappa shape index (κ2) is 5.74. The molecule has 1 heterocycles. The molecular weight excluding hydrogens is 267 g/mol. The van der Waals surface area contributed by atoms with Gasteiger partial charge in [0, 0.05) is 6.07 Å². The summed E-state index contributed by atoms with van der Waals surface area (Å²) in [7, 11) is 0. The van der Waals surface area contributed by atoms with Gasteiger partial charge in [-0.15, -0.1) is 0 Å². The first-order chi connectivity index (χ1) is 9.52. The maximum absolute atomic E-state index is 13.2. The molecule has 0 saturated heterocycles. The summed E-state index contributed by atoms with van der Waals surface area (Å²) in [6, 6.07) is 2.63. The molecule has 1 atom stereocenters. The fourth-order valence-electron chi connectivity index (χ4n) is 1.77. The third kappa shape index (κ3) is 2.80. The van der Waals surface area contributed by atoms with E-state index >= 15 is 0 Å². The normalized spacial score (nSPS) is 12.3. The Kier molecular flexibility index (Phi) is 4.04. The Morgan fingerprint density at radius 1 is 1.55 bits per heavy atom. The second-order valence-corrected chi connectivity index (χ2v) is 4.27. The van der Waals surface area contributed by atoms with Crippen LogP contribution in [0, 0.1) is 15.9 Å². The molecule has 1 aromatic carbocycles. The summed E-state index contributed by atoms with van der Waals surface area (Å²) in [6.07, 6.45) is 1.50. The SMILES string of the molecule is CCCC(N)c1noc(-c2cc(F)ccc2[N+](=O)[O-])n1. The number of halogens is 1. The Balaban J connectivity index is 2.41. The highest BCUT2D eigenvalue weighted by molar-refractivity contribution is 5.66. The van der Waals surface area contributed by atoms with Gasteiger partial charge in [-0.25, -0.2) is 4.39 Å². The minimum absolute atomic E-state index is 0.0579. The number of aromatic nitrogens is 2. The molecule has 0 radical (unpaired) electrons. The molecule has 2 aromatic rings. The first-order valence-electron chi connectivity index (χ1n) is 6.06. The molecule has 2 N–H and O–H groups in total. The third-order valence-electron chi connectivity index (χ3n) is 2.76. The molecule has 106 valence electrons. The van der Waals surface area contributed by atoms with Gasteiger partial charge in [0.05, 0.1) is 11.0 Å². The van der Waals surface area contributed by atoms with Crippen LogP contribution < -0.4 is 5.73 Å². The van der Waals surface area contributed by atoms with Crippen LogP contribution in [0.3, 0.4) is 0 Å². The average molecular weight is 280 g/mol. The van der Waals surface area contributed by atoms with Crippen molar-refractivity contribution in [2.45, 2.75) is 25.8 Å². The highest BCUT2D eigenvalue weighted by Crippen LogP contribution is 2.30. The lowest BCUT2D eigenvalue weighted by Gasteiger charge is -2.02. The lowest BCUT2D eigenvalue weighted by atomic mass is 10.1. The van der Waals surface area contributed by atoms with Crippen LogP contribution in [0.4, 0.5) is 10.1 Å². The monoisotopic (exact) mass is 280 g/mol. The lowest BCUT2D eigenvalue weighted by molar-refractivity contribution is -0.384. The van der Waals surface area contributed by atoms with Crippen molar-refractivity contribution < 1.29 is 13.8 Å². The summed E-state index contributed by atoms with van der Waals surface area (Å²) in [4.78, 5) is 14.3. The predicted octanol–water partition coefficient (Wildman–Crippen LogP) is 2.58. The number of nitrogens with two attached hydrogens (primary N) is 1. The maximum atomic E-state index is 13.2. The van der Waals surface area contributed by atoms with Crippen LogP contribution in [-0.2, 0) is 0 Å². The number of nitrogens with zero attached hydrogens (tertiary/aromatic N) is 3. The number of hydrogen-bond acceptors (Lipinski definition) is 6. The molecular formula is C12H13FN4O3. The highest BCUT2D eigenvalue weighted by Gasteiger charge is 2.22. The molecule has 0 saturated carbocycles. The van der Waals surface area contributed by atoms with Crippen molar-refractivity contribution in [1.82, 2.24) is 10.1 Å². The van der Waals surface area contributed by atoms with E-state index in [0.29, 0.717) is 6.42 Å². The van der Waals surface area contributed by atoms with E-state index in [1.807, 2.05) is 6.92 Å². The molecule has 20 heavy (non-hydrogen) atoms. The van der Waals surface area contributed by atoms with Crippen LogP contribution in [0.15, 0.2) is 22.7 Å². The van der Waals surface area contributed by atoms with Gasteiger partial charge in [0.2, 0.25) is 0 Å². The average Bonchev–Trinajstić information content (AvgIpc) is 2.88. The zero-order valence-corrected chi connectivity index (χ0v) is 10.7. The Morgan fingerprint density at radius 2 is 2.30 bits per heavy atom. The van der Waals surface area contributed by atoms with Crippen molar-refractivity contribution in [3.05, 3.63) is 40.0 Å². The van der Waals surface area contributed by atoms with Gasteiger partial charge in [0.25, 0.3) is 11.6 Å². The summed E-state index contributed by atoms with van der Waals surface area (Å²) in [5, 5.41) is 14.6. The van der Waals surface area contributed by atoms with Gasteiger partial charge in [-0.3, -0.25) is 10.1 Å². The van der Waals surface area contributed by atoms with Crippen molar-refractivity contribution in [3.8, 4) is 11.5 Å². The number of benzene rings is 1. The first-order valence-corrected chi connectivity index (χ1v) is 6.06. The fraction of sp³-hybridized carbons (Fsp3) is 0.333. The molecule has 0 spiro atoms. The van der Waals surface area contributed by atoms with Gasteiger partial charge in [0.15, 0.2) is 5.82 Å². The summed E-state index contributed by atoms with van der Waals surface area (Å²) in [5.41, 5.74) is 5.47. The van der Waals surface area contributed by atoms with Gasteiger partial charge < -0.3 is 10.3 Å². The van der Waals surface area contributed by atoms with E-state index in [4.69, 9.17) is 10.3 Å². The molecule has 0 aliphatic heterocycles. The molecule has 0 aliphatic carbocycles. The number of nitro groups is 1. The van der Waals surface area contributed by atoms with E-state index in [0.717, 1.165) is 24.6 Å². The largest absolute Gasteiger partial charge is 0.334 e. The third-order valence-corrected chi connectivity index (χ3v) is 2.76. The van der Waals surface area contributed by atoms with E-state index < -0.39 is 16.8 Å². The topological polar surface area (TPSA) is 108 Å². The molecule has 1 unspecified atom stereocenters. The molecule has 8 heteroatoms. The van der Waals surface area contributed by atoms with E-state index in [2.05, 4.69) is 10.1 Å². The van der Waals surface area contributed by atoms with Crippen molar-refractivity contribution in [3.63, 3.8) is 0 Å². The van der Waals surface area contributed by atoms with Crippen LogP contribution in [0.1, 0.15) is 31.6 Å². The van der Waals surface area contributed by atoms with Gasteiger partial charge >= 0.3 is 0 Å². The quantitative estimate of drug-likeness (QED) is 0.666. The number of hydrogen-bond donors (Lipinski definition) is 1. The Morgan fingerprint density at radius 3 is 2.95 bits per heavy atom. The standard InChI is InChI=1S/C12H13FN4O3/c1-2-3-9(14)11-15-12(20-16-11)8-6-7(13)4-5-10(8)17(18)19/h4-6,9H,2-3,14H2,1H3. The number of nitro benzene ring substituents is 1. The minimum Gasteiger partial charge on any atom is -0.334 e. The lowest BCUT2D eigenvalue weighted by Crippen LogP contribution is -2.11. The first kappa shape index (κ1) is 14.1. The summed E-state index contributed by atoms with van der Waals surface area (Å²) in [6.45, 7) is 1.96. The highest BCUT2D eigenvalue weighted by atomic mass is 19.1. The molecule has 0 fully saturated rings. The van der Waals surface area contributed by atoms with Crippen molar-refractivity contribution in [2.24, 2.45) is 5.73 Å². The van der Waals surface area contributed by atoms with Crippen LogP contribution in [0.25, 0.3) is 11.5 Å². The molecule has 0 aliphatic rings. The Labute approximate surface area is 113 Å². The fourth-order valence-corrected chi connectivity index (χ4v) is 1.77. The van der Waals surface area contributed by atoms with E-state index in [1.54, 1.807) is 0 Å². The summed E-state index contributed by atoms with van der Waals surface area (Å²) in [5.74, 6) is -0.485. The van der Waals surface area contributed by atoms with Crippen molar-refractivity contribution in [2.75, 3.05) is 0 Å². The Hall–Kier alpha value is -2.35. The molecule has 1 aromatic heterocycles. The smallest absolute Gasteiger partial charge is 0.282 e. The van der Waals surface area contributed by atoms with Gasteiger partial charge in [-0.1, -0.05) is 18.5 Å². The number of rotatable bonds is 5. The van der Waals surface area contributed by atoms with E-state index in [-0.39, 0.29) is 23.0 Å². The second-order valence-electron chi connectivity index (χ2n) is 4.27. The van der Waals surface area contributed by atoms with Crippen LogP contribution >= 0.6 is 0 Å². The predicted molar refractivity (Wildman–Crippen MR) is 68.2 cm³/mol.